The summed E-state index contributed by atoms with van der Waals surface area (Å²) in [6.45, 7) is 4.73. The second kappa shape index (κ2) is 6.25. The first-order valence-corrected chi connectivity index (χ1v) is 7.12. The van der Waals surface area contributed by atoms with Crippen LogP contribution in [0.25, 0.3) is 0 Å². The fourth-order valence-electron chi connectivity index (χ4n) is 2.48. The van der Waals surface area contributed by atoms with Crippen molar-refractivity contribution in [3.05, 3.63) is 47.4 Å². The van der Waals surface area contributed by atoms with Gasteiger partial charge in [-0.25, -0.2) is 4.98 Å². The number of amides is 1. The fourth-order valence-corrected chi connectivity index (χ4v) is 2.48. The molecule has 0 radical (unpaired) electrons. The molecule has 22 heavy (non-hydrogen) atoms. The molecular weight excluding hydrogens is 284 g/mol. The first-order chi connectivity index (χ1) is 10.6. The summed E-state index contributed by atoms with van der Waals surface area (Å²) in [6.07, 6.45) is 3.05. The van der Waals surface area contributed by atoms with Crippen LogP contribution in [0.15, 0.2) is 29.0 Å². The Morgan fingerprint density at radius 2 is 2.36 bits per heavy atom. The number of ether oxygens (including phenoxy) is 1. The number of nitrogens with zero attached hydrogens (tertiary/aromatic N) is 3. The van der Waals surface area contributed by atoms with Crippen LogP contribution in [0.2, 0.25) is 0 Å². The van der Waals surface area contributed by atoms with Gasteiger partial charge in [0.2, 0.25) is 5.91 Å². The van der Waals surface area contributed by atoms with Crippen molar-refractivity contribution in [2.45, 2.75) is 19.6 Å². The highest BCUT2D eigenvalue weighted by atomic mass is 16.5. The van der Waals surface area contributed by atoms with Gasteiger partial charge in [0.15, 0.2) is 5.89 Å². The van der Waals surface area contributed by atoms with Crippen molar-refractivity contribution >= 4 is 5.91 Å². The normalized spacial score (nSPS) is 19.2. The van der Waals surface area contributed by atoms with Crippen LogP contribution >= 0.6 is 0 Å². The molecule has 1 amide bonds. The van der Waals surface area contributed by atoms with Crippen molar-refractivity contribution in [1.29, 1.82) is 0 Å². The van der Waals surface area contributed by atoms with E-state index in [0.29, 0.717) is 18.1 Å². The van der Waals surface area contributed by atoms with Crippen LogP contribution in [-0.4, -0.2) is 40.5 Å². The van der Waals surface area contributed by atoms with Gasteiger partial charge < -0.3 is 14.9 Å². The van der Waals surface area contributed by atoms with Gasteiger partial charge in [-0.15, -0.1) is 0 Å². The quantitative estimate of drug-likeness (QED) is 0.907. The van der Waals surface area contributed by atoms with Gasteiger partial charge in [0.1, 0.15) is 12.4 Å². The number of aryl methyl sites for hydroxylation is 1. The Morgan fingerprint density at radius 1 is 1.50 bits per heavy atom. The Kier molecular flexibility index (Phi) is 4.17. The van der Waals surface area contributed by atoms with Gasteiger partial charge in [0.25, 0.3) is 0 Å². The molecule has 0 spiro atoms. The largest absolute Gasteiger partial charge is 0.449 e. The summed E-state index contributed by atoms with van der Waals surface area (Å²) in [5.74, 6) is 0.190. The average molecular weight is 302 g/mol. The lowest BCUT2D eigenvalue weighted by Crippen LogP contribution is -2.38. The SMILES string of the molecule is Cc1nc(CN2CCOC(c3ccc(C(N)=O)cn3)C2)co1. The molecule has 0 saturated carbocycles. The Morgan fingerprint density at radius 3 is 3.00 bits per heavy atom. The molecule has 7 nitrogen and oxygen atoms in total. The highest BCUT2D eigenvalue weighted by molar-refractivity contribution is 5.92. The third-order valence-corrected chi connectivity index (χ3v) is 3.60. The third-order valence-electron chi connectivity index (χ3n) is 3.60. The minimum atomic E-state index is -0.480. The lowest BCUT2D eigenvalue weighted by Gasteiger charge is -2.32. The number of primary amides is 1. The molecule has 2 N–H and O–H groups in total. The van der Waals surface area contributed by atoms with Crippen LogP contribution in [0.3, 0.4) is 0 Å². The third kappa shape index (κ3) is 3.32. The number of pyridine rings is 1. The molecule has 2 aromatic heterocycles. The van der Waals surface area contributed by atoms with Crippen LogP contribution < -0.4 is 5.73 Å². The van der Waals surface area contributed by atoms with Crippen molar-refractivity contribution < 1.29 is 13.9 Å². The maximum Gasteiger partial charge on any atom is 0.250 e. The van der Waals surface area contributed by atoms with Crippen LogP contribution in [-0.2, 0) is 11.3 Å². The van der Waals surface area contributed by atoms with E-state index in [-0.39, 0.29) is 6.10 Å². The summed E-state index contributed by atoms with van der Waals surface area (Å²) in [4.78, 5) is 21.9. The maximum atomic E-state index is 11.1. The Bertz CT molecular complexity index is 653. The number of aromatic nitrogens is 2. The number of nitrogens with two attached hydrogens (primary N) is 1. The van der Waals surface area contributed by atoms with Gasteiger partial charge in [-0.1, -0.05) is 0 Å². The Hall–Kier alpha value is -2.25. The minimum absolute atomic E-state index is 0.122. The topological polar surface area (TPSA) is 94.5 Å². The maximum absolute atomic E-state index is 11.1. The van der Waals surface area contributed by atoms with Gasteiger partial charge in [-0.05, 0) is 12.1 Å². The molecule has 0 bridgehead atoms. The minimum Gasteiger partial charge on any atom is -0.449 e. The lowest BCUT2D eigenvalue weighted by atomic mass is 10.1. The summed E-state index contributed by atoms with van der Waals surface area (Å²) in [5.41, 5.74) is 7.33. The van der Waals surface area contributed by atoms with E-state index < -0.39 is 5.91 Å². The fraction of sp³-hybridized carbons (Fsp3) is 0.400. The molecule has 3 heterocycles. The van der Waals surface area contributed by atoms with Crippen molar-refractivity contribution in [3.8, 4) is 0 Å². The predicted molar refractivity (Wildman–Crippen MR) is 78.0 cm³/mol. The zero-order chi connectivity index (χ0) is 15.5. The van der Waals surface area contributed by atoms with E-state index in [9.17, 15) is 4.79 Å². The number of carbonyl (C=O) groups is 1. The Balaban J connectivity index is 1.66. The molecule has 1 aliphatic heterocycles. The second-order valence-corrected chi connectivity index (χ2v) is 5.29. The van der Waals surface area contributed by atoms with Crippen molar-refractivity contribution in [2.75, 3.05) is 19.7 Å². The van der Waals surface area contributed by atoms with Crippen LogP contribution in [0, 0.1) is 6.92 Å². The number of hydrogen-bond donors (Lipinski definition) is 1. The van der Waals surface area contributed by atoms with E-state index in [4.69, 9.17) is 14.9 Å². The molecule has 1 atom stereocenters. The average Bonchev–Trinajstić information content (AvgIpc) is 2.93. The molecule has 1 fully saturated rings. The highest BCUT2D eigenvalue weighted by Gasteiger charge is 2.23. The molecule has 1 unspecified atom stereocenters. The number of morpholine rings is 1. The standard InChI is InChI=1S/C15H18N4O3/c1-10-18-12(9-22-10)7-19-4-5-21-14(8-19)13-3-2-11(6-17-13)15(16)20/h2-3,6,9,14H,4-5,7-8H2,1H3,(H2,16,20). The van der Waals surface area contributed by atoms with Crippen LogP contribution in [0.4, 0.5) is 0 Å². The molecular formula is C15H18N4O3. The number of rotatable bonds is 4. The van der Waals surface area contributed by atoms with E-state index in [1.54, 1.807) is 18.4 Å². The molecule has 3 rings (SSSR count). The van der Waals surface area contributed by atoms with E-state index in [2.05, 4.69) is 14.9 Å². The van der Waals surface area contributed by atoms with Gasteiger partial charge in [-0.2, -0.15) is 0 Å². The van der Waals surface area contributed by atoms with Gasteiger partial charge in [0, 0.05) is 32.8 Å². The Labute approximate surface area is 128 Å². The molecule has 2 aromatic rings. The molecule has 0 aliphatic carbocycles. The number of hydrogen-bond acceptors (Lipinski definition) is 6. The first kappa shape index (κ1) is 14.7. The summed E-state index contributed by atoms with van der Waals surface area (Å²) in [5, 5.41) is 0. The molecule has 7 heteroatoms. The van der Waals surface area contributed by atoms with E-state index in [1.165, 1.54) is 6.20 Å². The van der Waals surface area contributed by atoms with Gasteiger partial charge in [-0.3, -0.25) is 14.7 Å². The van der Waals surface area contributed by atoms with Crippen molar-refractivity contribution in [3.63, 3.8) is 0 Å². The first-order valence-electron chi connectivity index (χ1n) is 7.12. The number of oxazole rings is 1. The van der Waals surface area contributed by atoms with Crippen LogP contribution in [0.5, 0.6) is 0 Å². The van der Waals surface area contributed by atoms with Crippen LogP contribution in [0.1, 0.15) is 33.7 Å². The molecule has 116 valence electrons. The summed E-state index contributed by atoms with van der Waals surface area (Å²) < 4.78 is 11.0. The molecule has 1 aliphatic rings. The summed E-state index contributed by atoms with van der Waals surface area (Å²) in [6, 6.07) is 3.46. The molecule has 1 saturated heterocycles. The zero-order valence-corrected chi connectivity index (χ0v) is 12.4. The summed E-state index contributed by atoms with van der Waals surface area (Å²) in [7, 11) is 0. The van der Waals surface area contributed by atoms with E-state index >= 15 is 0 Å². The smallest absolute Gasteiger partial charge is 0.250 e. The van der Waals surface area contributed by atoms with E-state index in [0.717, 1.165) is 31.0 Å². The van der Waals surface area contributed by atoms with Gasteiger partial charge >= 0.3 is 0 Å². The highest BCUT2D eigenvalue weighted by Crippen LogP contribution is 2.21. The zero-order valence-electron chi connectivity index (χ0n) is 12.4. The predicted octanol–water partition coefficient (Wildman–Crippen LogP) is 1.05. The van der Waals surface area contributed by atoms with Gasteiger partial charge in [0.05, 0.1) is 23.6 Å². The van der Waals surface area contributed by atoms with Crippen molar-refractivity contribution in [1.82, 2.24) is 14.9 Å². The van der Waals surface area contributed by atoms with Crippen molar-refractivity contribution in [2.24, 2.45) is 5.73 Å². The lowest BCUT2D eigenvalue weighted by molar-refractivity contribution is -0.0353. The molecule has 0 aromatic carbocycles. The summed E-state index contributed by atoms with van der Waals surface area (Å²) >= 11 is 0. The van der Waals surface area contributed by atoms with E-state index in [1.807, 2.05) is 6.92 Å². The monoisotopic (exact) mass is 302 g/mol. The number of carbonyl (C=O) groups excluding carboxylic acids is 1. The second-order valence-electron chi connectivity index (χ2n) is 5.29.